The van der Waals surface area contributed by atoms with Crippen molar-refractivity contribution in [1.82, 2.24) is 0 Å². The number of hydrogen-bond acceptors (Lipinski definition) is 3. The van der Waals surface area contributed by atoms with Gasteiger partial charge in [0.1, 0.15) is 5.41 Å². The number of hydrogen-bond donors (Lipinski definition) is 0. The summed E-state index contributed by atoms with van der Waals surface area (Å²) in [5.41, 5.74) is -0.976. The maximum Gasteiger partial charge on any atom is 0.142 e. The summed E-state index contributed by atoms with van der Waals surface area (Å²) in [5.74, 6) is 0. The highest BCUT2D eigenvalue weighted by atomic mass is 14.4. The first kappa shape index (κ1) is 8.47. The van der Waals surface area contributed by atoms with Gasteiger partial charge in [-0.1, -0.05) is 0 Å². The molecule has 0 saturated carbocycles. The molecule has 0 aromatic carbocycles. The maximum absolute atomic E-state index is 8.43. The van der Waals surface area contributed by atoms with Gasteiger partial charge in [-0.2, -0.15) is 15.8 Å². The van der Waals surface area contributed by atoms with Gasteiger partial charge in [0.25, 0.3) is 0 Å². The van der Waals surface area contributed by atoms with Gasteiger partial charge in [-0.3, -0.25) is 0 Å². The van der Waals surface area contributed by atoms with E-state index >= 15 is 0 Å². The van der Waals surface area contributed by atoms with Crippen LogP contribution in [0.1, 0.15) is 19.8 Å². The number of nitriles is 3. The van der Waals surface area contributed by atoms with Crippen LogP contribution in [0, 0.1) is 39.4 Å². The minimum absolute atomic E-state index is 0.262. The molecule has 0 N–H and O–H groups in total. The SMILES string of the molecule is CC(C#N)(C#N)CCC#N. The van der Waals surface area contributed by atoms with Crippen LogP contribution < -0.4 is 0 Å². The fourth-order valence-corrected chi connectivity index (χ4v) is 0.443. The topological polar surface area (TPSA) is 71.4 Å². The molecule has 0 spiro atoms. The second-order valence-electron chi connectivity index (χ2n) is 2.21. The summed E-state index contributed by atoms with van der Waals surface area (Å²) in [6.07, 6.45) is 0.591. The van der Waals surface area contributed by atoms with E-state index in [0.717, 1.165) is 0 Å². The highest BCUT2D eigenvalue weighted by molar-refractivity contribution is 5.11. The third-order valence-electron chi connectivity index (χ3n) is 1.23. The molecule has 0 bridgehead atoms. The van der Waals surface area contributed by atoms with Crippen molar-refractivity contribution in [3.05, 3.63) is 0 Å². The molecule has 0 atom stereocenters. The Morgan fingerprint density at radius 2 is 1.70 bits per heavy atom. The van der Waals surface area contributed by atoms with Gasteiger partial charge >= 0.3 is 0 Å². The van der Waals surface area contributed by atoms with Crippen LogP contribution in [0.15, 0.2) is 0 Å². The highest BCUT2D eigenvalue weighted by Crippen LogP contribution is 2.19. The van der Waals surface area contributed by atoms with Gasteiger partial charge in [0.15, 0.2) is 0 Å². The van der Waals surface area contributed by atoms with Crippen molar-refractivity contribution in [3.63, 3.8) is 0 Å². The predicted octanol–water partition coefficient (Wildman–Crippen LogP) is 1.34. The van der Waals surface area contributed by atoms with E-state index in [0.29, 0.717) is 6.42 Å². The molecule has 0 rings (SSSR count). The second-order valence-corrected chi connectivity index (χ2v) is 2.21. The standard InChI is InChI=1S/C7H7N3/c1-7(5-9,6-10)3-2-4-8/h2-3H2,1H3. The van der Waals surface area contributed by atoms with Crippen LogP contribution >= 0.6 is 0 Å². The summed E-state index contributed by atoms with van der Waals surface area (Å²) in [7, 11) is 0. The molecule has 0 aromatic heterocycles. The summed E-state index contributed by atoms with van der Waals surface area (Å²) in [5, 5.41) is 25.0. The normalized spacial score (nSPS) is 9.00. The molecule has 0 aliphatic carbocycles. The monoisotopic (exact) mass is 133 g/mol. The minimum Gasteiger partial charge on any atom is -0.198 e. The quantitative estimate of drug-likeness (QED) is 0.570. The fourth-order valence-electron chi connectivity index (χ4n) is 0.443. The van der Waals surface area contributed by atoms with Crippen LogP contribution in [0.25, 0.3) is 0 Å². The Labute approximate surface area is 60.1 Å². The van der Waals surface area contributed by atoms with Crippen LogP contribution in [0.2, 0.25) is 0 Å². The molecule has 0 unspecified atom stereocenters. The molecular weight excluding hydrogens is 126 g/mol. The highest BCUT2D eigenvalue weighted by Gasteiger charge is 2.21. The van der Waals surface area contributed by atoms with Gasteiger partial charge in [-0.05, 0) is 13.3 Å². The van der Waals surface area contributed by atoms with E-state index in [-0.39, 0.29) is 6.42 Å². The molecule has 0 aliphatic rings. The summed E-state index contributed by atoms with van der Waals surface area (Å²) in [6, 6.07) is 5.59. The van der Waals surface area contributed by atoms with Gasteiger partial charge in [-0.15, -0.1) is 0 Å². The van der Waals surface area contributed by atoms with E-state index in [4.69, 9.17) is 15.8 Å². The average molecular weight is 133 g/mol. The molecule has 0 aliphatic heterocycles. The van der Waals surface area contributed by atoms with Gasteiger partial charge in [0.2, 0.25) is 0 Å². The zero-order valence-electron chi connectivity index (χ0n) is 5.76. The molecule has 0 radical (unpaired) electrons. The first-order valence-electron chi connectivity index (χ1n) is 2.88. The Kier molecular flexibility index (Phi) is 2.95. The summed E-state index contributed by atoms with van der Waals surface area (Å²) < 4.78 is 0. The van der Waals surface area contributed by atoms with Crippen LogP contribution in [0.3, 0.4) is 0 Å². The van der Waals surface area contributed by atoms with Crippen molar-refractivity contribution in [2.24, 2.45) is 5.41 Å². The van der Waals surface area contributed by atoms with Crippen LogP contribution in [-0.2, 0) is 0 Å². The number of nitrogens with zero attached hydrogens (tertiary/aromatic N) is 3. The summed E-state index contributed by atoms with van der Waals surface area (Å²) in [6.45, 7) is 1.53. The van der Waals surface area contributed by atoms with Crippen molar-refractivity contribution in [2.75, 3.05) is 0 Å². The van der Waals surface area contributed by atoms with E-state index < -0.39 is 5.41 Å². The van der Waals surface area contributed by atoms with E-state index in [1.165, 1.54) is 6.92 Å². The Bertz CT molecular complexity index is 209. The third kappa shape index (κ3) is 2.16. The number of rotatable bonds is 2. The first-order valence-corrected chi connectivity index (χ1v) is 2.88. The molecule has 0 fully saturated rings. The molecule has 50 valence electrons. The summed E-state index contributed by atoms with van der Waals surface area (Å²) >= 11 is 0. The van der Waals surface area contributed by atoms with Gasteiger partial charge in [0, 0.05) is 6.42 Å². The molecule has 0 amide bonds. The summed E-state index contributed by atoms with van der Waals surface area (Å²) in [4.78, 5) is 0. The second kappa shape index (κ2) is 3.49. The van der Waals surface area contributed by atoms with Gasteiger partial charge in [0.05, 0.1) is 18.2 Å². The third-order valence-corrected chi connectivity index (χ3v) is 1.23. The lowest BCUT2D eigenvalue weighted by Gasteiger charge is -2.06. The van der Waals surface area contributed by atoms with Gasteiger partial charge in [-0.25, -0.2) is 0 Å². The lowest BCUT2D eigenvalue weighted by molar-refractivity contribution is 0.538. The lowest BCUT2D eigenvalue weighted by atomic mass is 9.89. The first-order chi connectivity index (χ1) is 4.68. The van der Waals surface area contributed by atoms with E-state index in [1.807, 2.05) is 18.2 Å². The van der Waals surface area contributed by atoms with Crippen LogP contribution in [-0.4, -0.2) is 0 Å². The smallest absolute Gasteiger partial charge is 0.142 e. The molecule has 3 heteroatoms. The van der Waals surface area contributed by atoms with Crippen molar-refractivity contribution in [2.45, 2.75) is 19.8 Å². The van der Waals surface area contributed by atoms with Crippen LogP contribution in [0.5, 0.6) is 0 Å². The molecule has 3 nitrogen and oxygen atoms in total. The molecule has 0 aromatic rings. The molecule has 0 saturated heterocycles. The zero-order chi connectivity index (χ0) is 8.04. The maximum atomic E-state index is 8.43. The lowest BCUT2D eigenvalue weighted by Crippen LogP contribution is -2.09. The molecular formula is C7H7N3. The Hall–Kier alpha value is -1.53. The van der Waals surface area contributed by atoms with Gasteiger partial charge < -0.3 is 0 Å². The minimum atomic E-state index is -0.976. The van der Waals surface area contributed by atoms with Crippen molar-refractivity contribution in [3.8, 4) is 18.2 Å². The average Bonchev–Trinajstić information content (AvgIpc) is 2.00. The zero-order valence-corrected chi connectivity index (χ0v) is 5.76. The van der Waals surface area contributed by atoms with E-state index in [9.17, 15) is 0 Å². The fraction of sp³-hybridized carbons (Fsp3) is 0.571. The Balaban J connectivity index is 4.04. The van der Waals surface area contributed by atoms with Crippen molar-refractivity contribution >= 4 is 0 Å². The Morgan fingerprint density at radius 3 is 2.00 bits per heavy atom. The Morgan fingerprint density at radius 1 is 1.20 bits per heavy atom. The largest absolute Gasteiger partial charge is 0.198 e. The van der Waals surface area contributed by atoms with E-state index in [1.54, 1.807) is 0 Å². The van der Waals surface area contributed by atoms with Crippen molar-refractivity contribution < 1.29 is 0 Å². The van der Waals surface area contributed by atoms with Crippen LogP contribution in [0.4, 0.5) is 0 Å². The molecule has 0 heterocycles. The molecule has 10 heavy (non-hydrogen) atoms. The van der Waals surface area contributed by atoms with E-state index in [2.05, 4.69) is 0 Å². The predicted molar refractivity (Wildman–Crippen MR) is 34.2 cm³/mol. The van der Waals surface area contributed by atoms with Crippen molar-refractivity contribution in [1.29, 1.82) is 15.8 Å².